The number of esters is 1. The molecule has 2 rings (SSSR count). The summed E-state index contributed by atoms with van der Waals surface area (Å²) in [7, 11) is 3.22. The fraction of sp³-hybridized carbons (Fsp3) is 0.167. The zero-order valence-electron chi connectivity index (χ0n) is 9.48. The second-order valence-corrected chi connectivity index (χ2v) is 3.95. The molecule has 1 aromatic heterocycles. The van der Waals surface area contributed by atoms with Crippen LogP contribution in [-0.4, -0.2) is 22.6 Å². The van der Waals surface area contributed by atoms with Crippen LogP contribution in [0.15, 0.2) is 30.5 Å². The maximum Gasteiger partial charge on any atom is 0.337 e. The summed E-state index contributed by atoms with van der Waals surface area (Å²) in [5.41, 5.74) is 1.41. The molecule has 5 heteroatoms. The van der Waals surface area contributed by atoms with Crippen LogP contribution in [-0.2, 0) is 11.8 Å². The predicted octanol–water partition coefficient (Wildman–Crippen LogP) is 2.53. The normalized spacial score (nSPS) is 10.3. The molecule has 1 heterocycles. The van der Waals surface area contributed by atoms with E-state index >= 15 is 0 Å². The molecule has 0 saturated carbocycles. The minimum absolute atomic E-state index is 0.352. The lowest BCUT2D eigenvalue weighted by atomic mass is 10.1. The Labute approximate surface area is 104 Å². The van der Waals surface area contributed by atoms with E-state index in [1.54, 1.807) is 18.3 Å². The van der Waals surface area contributed by atoms with Gasteiger partial charge in [0.25, 0.3) is 0 Å². The molecular formula is C12H11ClN2O2. The van der Waals surface area contributed by atoms with Crippen molar-refractivity contribution < 1.29 is 9.53 Å². The van der Waals surface area contributed by atoms with Crippen molar-refractivity contribution in [3.05, 3.63) is 41.2 Å². The standard InChI is InChI=1S/C12H11ClN2O2/c1-15-7-10(13)14-11(15)8-3-5-9(6-4-8)12(16)17-2/h3-7H,1-2H3. The van der Waals surface area contributed by atoms with Gasteiger partial charge >= 0.3 is 5.97 Å². The molecule has 0 spiro atoms. The van der Waals surface area contributed by atoms with E-state index in [0.717, 1.165) is 11.4 Å². The number of carbonyl (C=O) groups is 1. The SMILES string of the molecule is COC(=O)c1ccc(-c2nc(Cl)cn2C)cc1. The Bertz CT molecular complexity index is 546. The first-order valence-electron chi connectivity index (χ1n) is 4.99. The summed E-state index contributed by atoms with van der Waals surface area (Å²) in [6, 6.07) is 7.02. The molecule has 0 fully saturated rings. The molecule has 0 aliphatic rings. The highest BCUT2D eigenvalue weighted by molar-refractivity contribution is 6.29. The third kappa shape index (κ3) is 2.31. The number of hydrogen-bond donors (Lipinski definition) is 0. The van der Waals surface area contributed by atoms with Gasteiger partial charge in [-0.05, 0) is 12.1 Å². The van der Waals surface area contributed by atoms with Crippen LogP contribution in [0.5, 0.6) is 0 Å². The molecule has 0 unspecified atom stereocenters. The van der Waals surface area contributed by atoms with Gasteiger partial charge in [-0.3, -0.25) is 0 Å². The van der Waals surface area contributed by atoms with Gasteiger partial charge in [-0.15, -0.1) is 0 Å². The summed E-state index contributed by atoms with van der Waals surface area (Å²) in [6.45, 7) is 0. The lowest BCUT2D eigenvalue weighted by molar-refractivity contribution is 0.0601. The van der Waals surface area contributed by atoms with Gasteiger partial charge < -0.3 is 9.30 Å². The minimum Gasteiger partial charge on any atom is -0.465 e. The van der Waals surface area contributed by atoms with Gasteiger partial charge in [0.2, 0.25) is 0 Å². The van der Waals surface area contributed by atoms with Crippen molar-refractivity contribution in [3.63, 3.8) is 0 Å². The Balaban J connectivity index is 2.35. The summed E-state index contributed by atoms with van der Waals surface area (Å²) in [6.07, 6.45) is 1.73. The zero-order chi connectivity index (χ0) is 12.4. The second kappa shape index (κ2) is 4.59. The Morgan fingerprint density at radius 1 is 1.35 bits per heavy atom. The number of methoxy groups -OCH3 is 1. The van der Waals surface area contributed by atoms with Crippen molar-refractivity contribution in [3.8, 4) is 11.4 Å². The van der Waals surface area contributed by atoms with Crippen LogP contribution < -0.4 is 0 Å². The van der Waals surface area contributed by atoms with Crippen LogP contribution >= 0.6 is 11.6 Å². The first kappa shape index (κ1) is 11.7. The van der Waals surface area contributed by atoms with E-state index in [9.17, 15) is 4.79 Å². The molecule has 0 saturated heterocycles. The van der Waals surface area contributed by atoms with E-state index in [2.05, 4.69) is 9.72 Å². The summed E-state index contributed by atoms with van der Waals surface area (Å²) >= 11 is 5.81. The molecule has 17 heavy (non-hydrogen) atoms. The van der Waals surface area contributed by atoms with Crippen LogP contribution in [0.3, 0.4) is 0 Å². The first-order valence-corrected chi connectivity index (χ1v) is 5.37. The van der Waals surface area contributed by atoms with Gasteiger partial charge in [0.05, 0.1) is 12.7 Å². The number of aryl methyl sites for hydroxylation is 1. The van der Waals surface area contributed by atoms with E-state index < -0.39 is 0 Å². The number of rotatable bonds is 2. The average Bonchev–Trinajstić information content (AvgIpc) is 2.68. The Kier molecular flexibility index (Phi) is 3.15. The smallest absolute Gasteiger partial charge is 0.337 e. The number of carbonyl (C=O) groups excluding carboxylic acids is 1. The summed E-state index contributed by atoms with van der Waals surface area (Å²) < 4.78 is 6.46. The molecule has 0 radical (unpaired) electrons. The lowest BCUT2D eigenvalue weighted by Crippen LogP contribution is -2.00. The highest BCUT2D eigenvalue weighted by Crippen LogP contribution is 2.20. The molecule has 0 N–H and O–H groups in total. The molecule has 0 atom stereocenters. The molecule has 88 valence electrons. The molecule has 0 aliphatic heterocycles. The van der Waals surface area contributed by atoms with E-state index in [1.165, 1.54) is 7.11 Å². The van der Waals surface area contributed by atoms with Gasteiger partial charge in [0, 0.05) is 18.8 Å². The van der Waals surface area contributed by atoms with Gasteiger partial charge in [0.1, 0.15) is 11.0 Å². The lowest BCUT2D eigenvalue weighted by Gasteiger charge is -2.03. The molecule has 0 aliphatic carbocycles. The summed E-state index contributed by atoms with van der Waals surface area (Å²) in [5.74, 6) is 0.404. The number of ether oxygens (including phenoxy) is 1. The quantitative estimate of drug-likeness (QED) is 0.770. The highest BCUT2D eigenvalue weighted by Gasteiger charge is 2.08. The average molecular weight is 251 g/mol. The third-order valence-corrected chi connectivity index (χ3v) is 2.59. The molecule has 4 nitrogen and oxygen atoms in total. The van der Waals surface area contributed by atoms with Gasteiger partial charge in [-0.1, -0.05) is 23.7 Å². The molecule has 1 aromatic carbocycles. The van der Waals surface area contributed by atoms with E-state index in [0.29, 0.717) is 10.7 Å². The number of hydrogen-bond acceptors (Lipinski definition) is 3. The van der Waals surface area contributed by atoms with Crippen molar-refractivity contribution in [2.45, 2.75) is 0 Å². The number of nitrogens with zero attached hydrogens (tertiary/aromatic N) is 2. The molecule has 0 amide bonds. The van der Waals surface area contributed by atoms with E-state index in [4.69, 9.17) is 11.6 Å². The number of benzene rings is 1. The fourth-order valence-electron chi connectivity index (χ4n) is 1.57. The van der Waals surface area contributed by atoms with Crippen molar-refractivity contribution in [2.75, 3.05) is 7.11 Å². The summed E-state index contributed by atoms with van der Waals surface area (Å²) in [4.78, 5) is 15.5. The molecular weight excluding hydrogens is 240 g/mol. The Morgan fingerprint density at radius 2 is 2.00 bits per heavy atom. The number of aromatic nitrogens is 2. The fourth-order valence-corrected chi connectivity index (χ4v) is 1.80. The maximum absolute atomic E-state index is 11.3. The second-order valence-electron chi connectivity index (χ2n) is 3.57. The largest absolute Gasteiger partial charge is 0.465 e. The molecule has 0 bridgehead atoms. The molecule has 2 aromatic rings. The van der Waals surface area contributed by atoms with E-state index in [1.807, 2.05) is 23.7 Å². The predicted molar refractivity (Wildman–Crippen MR) is 65.0 cm³/mol. The van der Waals surface area contributed by atoms with Crippen molar-refractivity contribution in [2.24, 2.45) is 7.05 Å². The number of halogens is 1. The van der Waals surface area contributed by atoms with Gasteiger partial charge in [-0.2, -0.15) is 0 Å². The van der Waals surface area contributed by atoms with Crippen molar-refractivity contribution >= 4 is 17.6 Å². The number of imidazole rings is 1. The van der Waals surface area contributed by atoms with E-state index in [-0.39, 0.29) is 5.97 Å². The van der Waals surface area contributed by atoms with Crippen LogP contribution in [0.25, 0.3) is 11.4 Å². The maximum atomic E-state index is 11.3. The monoisotopic (exact) mass is 250 g/mol. The highest BCUT2D eigenvalue weighted by atomic mass is 35.5. The third-order valence-electron chi connectivity index (χ3n) is 2.41. The minimum atomic E-state index is -0.352. The summed E-state index contributed by atoms with van der Waals surface area (Å²) in [5, 5.41) is 0.444. The first-order chi connectivity index (χ1) is 8.11. The Morgan fingerprint density at radius 3 is 2.47 bits per heavy atom. The van der Waals surface area contributed by atoms with Gasteiger partial charge in [0.15, 0.2) is 0 Å². The van der Waals surface area contributed by atoms with Crippen LogP contribution in [0.4, 0.5) is 0 Å². The van der Waals surface area contributed by atoms with Gasteiger partial charge in [-0.25, -0.2) is 9.78 Å². The van der Waals surface area contributed by atoms with Crippen LogP contribution in [0.1, 0.15) is 10.4 Å². The zero-order valence-corrected chi connectivity index (χ0v) is 10.2. The van der Waals surface area contributed by atoms with Crippen molar-refractivity contribution in [1.82, 2.24) is 9.55 Å². The van der Waals surface area contributed by atoms with Crippen LogP contribution in [0, 0.1) is 0 Å². The van der Waals surface area contributed by atoms with Crippen LogP contribution in [0.2, 0.25) is 5.15 Å². The Hall–Kier alpha value is -1.81. The topological polar surface area (TPSA) is 44.1 Å². The van der Waals surface area contributed by atoms with Crippen molar-refractivity contribution in [1.29, 1.82) is 0 Å².